The zero-order chi connectivity index (χ0) is 19.1. The van der Waals surface area contributed by atoms with Crippen molar-refractivity contribution in [3.05, 3.63) is 65.7 Å². The molecule has 1 amide bonds. The fraction of sp³-hybridized carbons (Fsp3) is 0.167. The molecule has 0 radical (unpaired) electrons. The van der Waals surface area contributed by atoms with E-state index in [0.717, 1.165) is 11.1 Å². The molecule has 0 fully saturated rings. The van der Waals surface area contributed by atoms with Crippen molar-refractivity contribution in [3.8, 4) is 11.4 Å². The van der Waals surface area contributed by atoms with E-state index < -0.39 is 0 Å². The van der Waals surface area contributed by atoms with Gasteiger partial charge in [0.15, 0.2) is 5.11 Å². The zero-order valence-electron chi connectivity index (χ0n) is 14.7. The Hall–Kier alpha value is -3.33. The average molecular weight is 381 g/mol. The number of nitrogens with one attached hydrogen (secondary N) is 3. The third-order valence-corrected chi connectivity index (χ3v) is 3.90. The maximum absolute atomic E-state index is 12.1. The maximum Gasteiger partial charge on any atom is 0.269 e. The first-order chi connectivity index (χ1) is 13.2. The number of carbonyl (C=O) groups excluding carboxylic acids is 1. The van der Waals surface area contributed by atoms with Crippen molar-refractivity contribution >= 4 is 23.2 Å². The van der Waals surface area contributed by atoms with Crippen molar-refractivity contribution in [1.82, 2.24) is 36.4 Å². The lowest BCUT2D eigenvalue weighted by molar-refractivity contribution is 0.0943. The van der Waals surface area contributed by atoms with Gasteiger partial charge in [0, 0.05) is 17.7 Å². The highest BCUT2D eigenvalue weighted by molar-refractivity contribution is 7.80. The Morgan fingerprint density at radius 1 is 1.07 bits per heavy atom. The Bertz CT molecular complexity index is 909. The fourth-order valence-corrected chi connectivity index (χ4v) is 2.52. The summed E-state index contributed by atoms with van der Waals surface area (Å²) in [7, 11) is 0. The molecule has 1 heterocycles. The number of carbonyl (C=O) groups is 1. The molecular weight excluding hydrogens is 362 g/mol. The predicted octanol–water partition coefficient (Wildman–Crippen LogP) is 1.52. The van der Waals surface area contributed by atoms with E-state index in [0.29, 0.717) is 29.6 Å². The van der Waals surface area contributed by atoms with Crippen molar-refractivity contribution in [3.63, 3.8) is 0 Å². The molecule has 3 rings (SSSR count). The van der Waals surface area contributed by atoms with Crippen LogP contribution in [0.25, 0.3) is 11.4 Å². The molecule has 2 aromatic carbocycles. The lowest BCUT2D eigenvalue weighted by atomic mass is 10.1. The molecule has 0 aliphatic rings. The van der Waals surface area contributed by atoms with E-state index in [2.05, 4.69) is 31.6 Å². The van der Waals surface area contributed by atoms with Crippen LogP contribution in [0.4, 0.5) is 0 Å². The van der Waals surface area contributed by atoms with Crippen LogP contribution < -0.4 is 16.2 Å². The molecule has 138 valence electrons. The largest absolute Gasteiger partial charge is 0.362 e. The molecule has 0 atom stereocenters. The molecule has 0 saturated carbocycles. The van der Waals surface area contributed by atoms with Gasteiger partial charge in [0.1, 0.15) is 0 Å². The van der Waals surface area contributed by atoms with Gasteiger partial charge in [-0.3, -0.25) is 15.6 Å². The summed E-state index contributed by atoms with van der Waals surface area (Å²) in [6, 6.07) is 16.8. The van der Waals surface area contributed by atoms with Gasteiger partial charge in [-0.15, -0.1) is 10.2 Å². The summed E-state index contributed by atoms with van der Waals surface area (Å²) in [5.41, 5.74) is 7.57. The topological polar surface area (TPSA) is 96.8 Å². The molecule has 27 heavy (non-hydrogen) atoms. The first-order valence-corrected chi connectivity index (χ1v) is 8.83. The highest BCUT2D eigenvalue weighted by Crippen LogP contribution is 2.12. The van der Waals surface area contributed by atoms with Crippen LogP contribution in [-0.2, 0) is 6.54 Å². The highest BCUT2D eigenvalue weighted by Gasteiger charge is 2.08. The van der Waals surface area contributed by atoms with Gasteiger partial charge in [0.05, 0.1) is 6.54 Å². The molecule has 0 unspecified atom stereocenters. The summed E-state index contributed by atoms with van der Waals surface area (Å²) in [4.78, 5) is 13.6. The normalized spacial score (nSPS) is 10.3. The SMILES string of the molecule is CCNC(=S)NNC(=O)c1ccc(Cn2nnc(-c3ccccc3)n2)cc1. The Balaban J connectivity index is 1.59. The van der Waals surface area contributed by atoms with Gasteiger partial charge in [-0.1, -0.05) is 42.5 Å². The molecule has 8 nitrogen and oxygen atoms in total. The van der Waals surface area contributed by atoms with Crippen molar-refractivity contribution < 1.29 is 4.79 Å². The van der Waals surface area contributed by atoms with Gasteiger partial charge in [0.2, 0.25) is 5.82 Å². The zero-order valence-corrected chi connectivity index (χ0v) is 15.5. The molecule has 3 aromatic rings. The van der Waals surface area contributed by atoms with Crippen molar-refractivity contribution in [1.29, 1.82) is 0 Å². The van der Waals surface area contributed by atoms with Crippen LogP contribution in [0.2, 0.25) is 0 Å². The molecule has 3 N–H and O–H groups in total. The van der Waals surface area contributed by atoms with Crippen molar-refractivity contribution in [2.45, 2.75) is 13.5 Å². The first-order valence-electron chi connectivity index (χ1n) is 8.42. The predicted molar refractivity (Wildman–Crippen MR) is 106 cm³/mol. The fourth-order valence-electron chi connectivity index (χ4n) is 2.33. The van der Waals surface area contributed by atoms with Crippen molar-refractivity contribution in [2.75, 3.05) is 6.54 Å². The number of amides is 1. The van der Waals surface area contributed by atoms with Crippen molar-refractivity contribution in [2.24, 2.45) is 0 Å². The van der Waals surface area contributed by atoms with E-state index in [9.17, 15) is 4.79 Å². The number of nitrogens with zero attached hydrogens (tertiary/aromatic N) is 4. The number of hydrogen-bond acceptors (Lipinski definition) is 5. The summed E-state index contributed by atoms with van der Waals surface area (Å²) < 4.78 is 0. The number of tetrazole rings is 1. The third kappa shape index (κ3) is 5.08. The molecule has 1 aromatic heterocycles. The standard InChI is InChI=1S/C18H19N7OS/c1-2-19-18(27)22-21-17(26)15-10-8-13(9-11-15)12-25-23-16(20-24-25)14-6-4-3-5-7-14/h3-11H,2,12H2,1H3,(H,21,26)(H2,19,22,27). The minimum absolute atomic E-state index is 0.271. The van der Waals surface area contributed by atoms with Gasteiger partial charge in [-0.25, -0.2) is 0 Å². The van der Waals surface area contributed by atoms with E-state index in [1.165, 1.54) is 4.80 Å². The summed E-state index contributed by atoms with van der Waals surface area (Å²) in [5.74, 6) is 0.307. The summed E-state index contributed by atoms with van der Waals surface area (Å²) in [6.07, 6.45) is 0. The number of hydrazine groups is 1. The van der Waals surface area contributed by atoms with Gasteiger partial charge >= 0.3 is 0 Å². The molecule has 0 bridgehead atoms. The third-order valence-electron chi connectivity index (χ3n) is 3.65. The van der Waals surface area contributed by atoms with Crippen LogP contribution >= 0.6 is 12.2 Å². The van der Waals surface area contributed by atoms with Crippen LogP contribution in [0.3, 0.4) is 0 Å². The number of hydrogen-bond donors (Lipinski definition) is 3. The Morgan fingerprint density at radius 3 is 2.52 bits per heavy atom. The first kappa shape index (κ1) is 18.5. The minimum atomic E-state index is -0.271. The Kier molecular flexibility index (Phi) is 6.06. The van der Waals surface area contributed by atoms with Gasteiger partial charge in [-0.2, -0.15) is 4.80 Å². The second-order valence-electron chi connectivity index (χ2n) is 5.64. The second-order valence-corrected chi connectivity index (χ2v) is 6.05. The average Bonchev–Trinajstić information content (AvgIpc) is 3.16. The van der Waals surface area contributed by atoms with Crippen LogP contribution in [0, 0.1) is 0 Å². The molecule has 0 spiro atoms. The van der Waals surface area contributed by atoms with Gasteiger partial charge < -0.3 is 5.32 Å². The molecule has 9 heteroatoms. The number of rotatable bonds is 5. The Labute approximate surface area is 161 Å². The van der Waals surface area contributed by atoms with E-state index >= 15 is 0 Å². The lowest BCUT2D eigenvalue weighted by Gasteiger charge is -2.10. The Morgan fingerprint density at radius 2 is 1.81 bits per heavy atom. The van der Waals surface area contributed by atoms with E-state index in [1.54, 1.807) is 12.1 Å². The summed E-state index contributed by atoms with van der Waals surface area (Å²) >= 11 is 4.99. The summed E-state index contributed by atoms with van der Waals surface area (Å²) in [6.45, 7) is 3.06. The van der Waals surface area contributed by atoms with Crippen LogP contribution in [0.15, 0.2) is 54.6 Å². The summed E-state index contributed by atoms with van der Waals surface area (Å²) in [5, 5.41) is 15.8. The molecule has 0 aliphatic heterocycles. The molecular formula is C18H19N7OS. The maximum atomic E-state index is 12.1. The lowest BCUT2D eigenvalue weighted by Crippen LogP contribution is -2.46. The monoisotopic (exact) mass is 381 g/mol. The quantitative estimate of drug-likeness (QED) is 0.455. The number of benzene rings is 2. The van der Waals surface area contributed by atoms with E-state index in [-0.39, 0.29) is 5.91 Å². The second kappa shape index (κ2) is 8.86. The number of thiocarbonyl (C=S) groups is 1. The van der Waals surface area contributed by atoms with E-state index in [1.807, 2.05) is 49.4 Å². The highest BCUT2D eigenvalue weighted by atomic mass is 32.1. The minimum Gasteiger partial charge on any atom is -0.362 e. The molecule has 0 aliphatic carbocycles. The van der Waals surface area contributed by atoms with Crippen LogP contribution in [0.1, 0.15) is 22.8 Å². The smallest absolute Gasteiger partial charge is 0.269 e. The number of aromatic nitrogens is 4. The van der Waals surface area contributed by atoms with E-state index in [4.69, 9.17) is 12.2 Å². The van der Waals surface area contributed by atoms with Crippen LogP contribution in [-0.4, -0.2) is 37.8 Å². The van der Waals surface area contributed by atoms with Gasteiger partial charge in [0.25, 0.3) is 5.91 Å². The van der Waals surface area contributed by atoms with Crippen LogP contribution in [0.5, 0.6) is 0 Å². The molecule has 0 saturated heterocycles. The van der Waals surface area contributed by atoms with Gasteiger partial charge in [-0.05, 0) is 42.1 Å².